The third kappa shape index (κ3) is 2.98. The number of nitrogens with one attached hydrogen (secondary N) is 1. The molecule has 0 aliphatic heterocycles. The van der Waals surface area contributed by atoms with Gasteiger partial charge in [0.1, 0.15) is 10.6 Å². The summed E-state index contributed by atoms with van der Waals surface area (Å²) < 4.78 is 7.53. The normalized spacial score (nSPS) is 13.2. The molecule has 5 nitrogen and oxygen atoms in total. The van der Waals surface area contributed by atoms with Crippen LogP contribution in [-0.4, -0.2) is 29.3 Å². The lowest BCUT2D eigenvalue weighted by Gasteiger charge is -2.08. The van der Waals surface area contributed by atoms with E-state index in [1.165, 1.54) is 21.5 Å². The summed E-state index contributed by atoms with van der Waals surface area (Å²) >= 11 is 1.59. The minimum absolute atomic E-state index is 0.0244. The van der Waals surface area contributed by atoms with E-state index < -0.39 is 0 Å². The molecule has 26 heavy (non-hydrogen) atoms. The van der Waals surface area contributed by atoms with Crippen molar-refractivity contribution in [3.05, 3.63) is 45.3 Å². The average molecular weight is 369 g/mol. The van der Waals surface area contributed by atoms with Crippen LogP contribution in [0.4, 0.5) is 0 Å². The lowest BCUT2D eigenvalue weighted by molar-refractivity contribution is 0.0954. The van der Waals surface area contributed by atoms with Crippen LogP contribution < -0.4 is 10.1 Å². The molecular formula is C20H23N3O2S. The van der Waals surface area contributed by atoms with Crippen molar-refractivity contribution in [2.24, 2.45) is 0 Å². The Morgan fingerprint density at radius 2 is 2.19 bits per heavy atom. The largest absolute Gasteiger partial charge is 0.495 e. The van der Waals surface area contributed by atoms with Gasteiger partial charge in [0.05, 0.1) is 12.6 Å². The number of amides is 1. The van der Waals surface area contributed by atoms with Gasteiger partial charge in [-0.3, -0.25) is 9.48 Å². The number of benzene rings is 1. The molecule has 0 saturated heterocycles. The highest BCUT2D eigenvalue weighted by Gasteiger charge is 2.26. The van der Waals surface area contributed by atoms with E-state index in [2.05, 4.69) is 23.4 Å². The summed E-state index contributed by atoms with van der Waals surface area (Å²) in [5.41, 5.74) is 3.43. The fourth-order valence-corrected chi connectivity index (χ4v) is 4.96. The summed E-state index contributed by atoms with van der Waals surface area (Å²) in [4.78, 5) is 14.6. The first-order chi connectivity index (χ1) is 12.7. The first-order valence-electron chi connectivity index (χ1n) is 9.08. The van der Waals surface area contributed by atoms with Crippen LogP contribution >= 0.6 is 11.3 Å². The van der Waals surface area contributed by atoms with E-state index in [4.69, 9.17) is 4.74 Å². The number of thiophene rings is 1. The molecule has 2 aromatic heterocycles. The summed E-state index contributed by atoms with van der Waals surface area (Å²) in [6.45, 7) is 3.50. The number of rotatable bonds is 6. The number of hydrogen-bond acceptors (Lipinski definition) is 4. The maximum atomic E-state index is 12.5. The van der Waals surface area contributed by atoms with Gasteiger partial charge in [-0.15, -0.1) is 11.3 Å². The van der Waals surface area contributed by atoms with Gasteiger partial charge >= 0.3 is 0 Å². The zero-order chi connectivity index (χ0) is 18.1. The predicted molar refractivity (Wildman–Crippen MR) is 104 cm³/mol. The fourth-order valence-electron chi connectivity index (χ4n) is 3.68. The van der Waals surface area contributed by atoms with Gasteiger partial charge in [0.25, 0.3) is 5.91 Å². The van der Waals surface area contributed by atoms with E-state index in [-0.39, 0.29) is 5.91 Å². The van der Waals surface area contributed by atoms with Crippen LogP contribution in [-0.2, 0) is 19.4 Å². The predicted octanol–water partition coefficient (Wildman–Crippen LogP) is 3.72. The fraction of sp³-hybridized carbons (Fsp3) is 0.400. The molecule has 0 radical (unpaired) electrons. The van der Waals surface area contributed by atoms with Crippen molar-refractivity contribution < 1.29 is 9.53 Å². The second-order valence-corrected chi connectivity index (χ2v) is 7.76. The number of nitrogens with zero attached hydrogens (tertiary/aromatic N) is 2. The molecule has 0 saturated carbocycles. The zero-order valence-corrected chi connectivity index (χ0v) is 16.0. The van der Waals surface area contributed by atoms with Gasteiger partial charge in [-0.05, 0) is 38.7 Å². The molecular weight excluding hydrogens is 346 g/mol. The Labute approximate surface area is 157 Å². The van der Waals surface area contributed by atoms with Crippen molar-refractivity contribution >= 4 is 28.1 Å². The summed E-state index contributed by atoms with van der Waals surface area (Å²) in [7, 11) is 1.66. The number of carbonyl (C=O) groups excluding carboxylic acids is 1. The Hall–Kier alpha value is -2.34. The average Bonchev–Trinajstić information content (AvgIpc) is 3.32. The molecule has 0 unspecified atom stereocenters. The van der Waals surface area contributed by atoms with Crippen LogP contribution in [0.2, 0.25) is 0 Å². The number of aryl methyl sites for hydroxylation is 3. The van der Waals surface area contributed by atoms with Crippen molar-refractivity contribution in [2.45, 2.75) is 39.2 Å². The van der Waals surface area contributed by atoms with Crippen LogP contribution in [0.3, 0.4) is 0 Å². The molecule has 0 bridgehead atoms. The first kappa shape index (κ1) is 17.1. The summed E-state index contributed by atoms with van der Waals surface area (Å²) in [5, 5.41) is 8.86. The molecule has 1 amide bonds. The van der Waals surface area contributed by atoms with Crippen molar-refractivity contribution in [2.75, 3.05) is 13.7 Å². The number of carbonyl (C=O) groups is 1. The van der Waals surface area contributed by atoms with Gasteiger partial charge in [-0.25, -0.2) is 0 Å². The molecule has 1 N–H and O–H groups in total. The van der Waals surface area contributed by atoms with Crippen LogP contribution in [0.1, 0.15) is 38.6 Å². The van der Waals surface area contributed by atoms with E-state index in [1.54, 1.807) is 18.4 Å². The van der Waals surface area contributed by atoms with Crippen molar-refractivity contribution in [1.82, 2.24) is 15.1 Å². The monoisotopic (exact) mass is 369 g/mol. The highest BCUT2D eigenvalue weighted by molar-refractivity contribution is 7.14. The second-order valence-electron chi connectivity index (χ2n) is 6.65. The van der Waals surface area contributed by atoms with Crippen LogP contribution in [0.5, 0.6) is 5.75 Å². The number of fused-ring (bicyclic) bond motifs is 2. The van der Waals surface area contributed by atoms with Gasteiger partial charge in [0, 0.05) is 34.6 Å². The van der Waals surface area contributed by atoms with Crippen LogP contribution in [0.25, 0.3) is 10.9 Å². The molecule has 3 aromatic rings. The molecule has 2 heterocycles. The van der Waals surface area contributed by atoms with Gasteiger partial charge in [-0.1, -0.05) is 18.2 Å². The lowest BCUT2D eigenvalue weighted by atomic mass is 10.2. The molecule has 1 aliphatic carbocycles. The van der Waals surface area contributed by atoms with Gasteiger partial charge in [0.2, 0.25) is 0 Å². The van der Waals surface area contributed by atoms with Gasteiger partial charge in [-0.2, -0.15) is 5.10 Å². The van der Waals surface area contributed by atoms with Crippen molar-refractivity contribution in [3.63, 3.8) is 0 Å². The van der Waals surface area contributed by atoms with Gasteiger partial charge in [0.15, 0.2) is 0 Å². The standard InChI is InChI=1S/C20H23N3O2S/c1-13-14-7-3-4-9-16(14)22-23(13)12-6-11-21-20(24)19-18(25-2)15-8-5-10-17(15)26-19/h3-4,7,9H,5-6,8,10-12H2,1-2H3,(H,21,24). The second kappa shape index (κ2) is 7.11. The Bertz CT molecular complexity index is 958. The smallest absolute Gasteiger partial charge is 0.265 e. The summed E-state index contributed by atoms with van der Waals surface area (Å²) in [6.07, 6.45) is 4.09. The molecule has 0 fully saturated rings. The van der Waals surface area contributed by atoms with E-state index >= 15 is 0 Å². The van der Waals surface area contributed by atoms with E-state index in [9.17, 15) is 4.79 Å². The van der Waals surface area contributed by atoms with Gasteiger partial charge < -0.3 is 10.1 Å². The lowest BCUT2D eigenvalue weighted by Crippen LogP contribution is -2.25. The highest BCUT2D eigenvalue weighted by Crippen LogP contribution is 2.40. The SMILES string of the molecule is COc1c(C(=O)NCCCn2nc3ccccc3c2C)sc2c1CCC2. The molecule has 1 aromatic carbocycles. The highest BCUT2D eigenvalue weighted by atomic mass is 32.1. The maximum Gasteiger partial charge on any atom is 0.265 e. The molecule has 1 aliphatic rings. The Morgan fingerprint density at radius 3 is 3.00 bits per heavy atom. The quantitative estimate of drug-likeness (QED) is 0.674. The molecule has 0 atom stereocenters. The topological polar surface area (TPSA) is 56.1 Å². The molecule has 0 spiro atoms. The molecule has 6 heteroatoms. The Balaban J connectivity index is 1.36. The number of hydrogen-bond donors (Lipinski definition) is 1. The maximum absolute atomic E-state index is 12.5. The zero-order valence-electron chi connectivity index (χ0n) is 15.2. The Morgan fingerprint density at radius 1 is 1.35 bits per heavy atom. The van der Waals surface area contributed by atoms with Crippen LogP contribution in [0, 0.1) is 6.92 Å². The third-order valence-corrected chi connectivity index (χ3v) is 6.30. The summed E-state index contributed by atoms with van der Waals surface area (Å²) in [5.74, 6) is 0.762. The first-order valence-corrected chi connectivity index (χ1v) is 9.89. The van der Waals surface area contributed by atoms with Crippen molar-refractivity contribution in [3.8, 4) is 5.75 Å². The number of ether oxygens (including phenoxy) is 1. The minimum Gasteiger partial charge on any atom is -0.495 e. The van der Waals surface area contributed by atoms with E-state index in [0.29, 0.717) is 6.54 Å². The van der Waals surface area contributed by atoms with Crippen molar-refractivity contribution in [1.29, 1.82) is 0 Å². The number of methoxy groups -OCH3 is 1. The van der Waals surface area contributed by atoms with E-state index in [0.717, 1.165) is 48.4 Å². The summed E-state index contributed by atoms with van der Waals surface area (Å²) in [6, 6.07) is 8.17. The third-order valence-electron chi connectivity index (χ3n) is 5.02. The molecule has 136 valence electrons. The minimum atomic E-state index is -0.0244. The molecule has 4 rings (SSSR count). The van der Waals surface area contributed by atoms with E-state index in [1.807, 2.05) is 22.9 Å². The Kier molecular flexibility index (Phi) is 4.68. The number of aromatic nitrogens is 2. The van der Waals surface area contributed by atoms with Crippen LogP contribution in [0.15, 0.2) is 24.3 Å².